The minimum atomic E-state index is -2.43. The molecule has 138 valence electrons. The number of piperidine rings is 1. The van der Waals surface area contributed by atoms with Crippen LogP contribution in [0.5, 0.6) is 0 Å². The molecule has 4 fully saturated rings. The quantitative estimate of drug-likeness (QED) is 0.510. The fraction of sp³-hybridized carbons (Fsp3) is 0.875. The molecule has 0 aromatic heterocycles. The molecule has 26 heavy (non-hydrogen) atoms. The molecule has 1 aliphatic carbocycles. The van der Waals surface area contributed by atoms with Gasteiger partial charge < -0.3 is 29.7 Å². The van der Waals surface area contributed by atoms with Crippen LogP contribution in [-0.4, -0.2) is 92.7 Å². The molecule has 4 rings (SSSR count). The van der Waals surface area contributed by atoms with E-state index < -0.39 is 11.7 Å². The molecular formula is C16H23B2N3O5. The summed E-state index contributed by atoms with van der Waals surface area (Å²) in [4.78, 5) is 27.3. The van der Waals surface area contributed by atoms with E-state index in [1.54, 1.807) is 4.90 Å². The number of amides is 2. The van der Waals surface area contributed by atoms with Crippen LogP contribution in [0.25, 0.3) is 0 Å². The Hall–Kier alpha value is -1.41. The predicted molar refractivity (Wildman–Crippen MR) is 92.6 cm³/mol. The van der Waals surface area contributed by atoms with Crippen molar-refractivity contribution in [2.24, 2.45) is 5.41 Å². The van der Waals surface area contributed by atoms with Crippen LogP contribution in [0.15, 0.2) is 0 Å². The van der Waals surface area contributed by atoms with Crippen LogP contribution in [0.2, 0.25) is 0 Å². The third-order valence-corrected chi connectivity index (χ3v) is 6.37. The zero-order chi connectivity index (χ0) is 18.6. The van der Waals surface area contributed by atoms with Crippen LogP contribution in [-0.2, 0) is 9.47 Å². The molecule has 3 aliphatic heterocycles. The molecule has 0 aromatic rings. The van der Waals surface area contributed by atoms with E-state index in [2.05, 4.69) is 15.0 Å². The van der Waals surface area contributed by atoms with Crippen molar-refractivity contribution < 1.29 is 24.2 Å². The van der Waals surface area contributed by atoms with Crippen LogP contribution < -0.4 is 5.32 Å². The zero-order valence-electron chi connectivity index (χ0n) is 14.8. The monoisotopic (exact) mass is 359 g/mol. The Labute approximate surface area is 155 Å². The van der Waals surface area contributed by atoms with Gasteiger partial charge in [-0.15, -0.1) is 0 Å². The lowest BCUT2D eigenvalue weighted by atomic mass is 9.64. The lowest BCUT2D eigenvalue weighted by Gasteiger charge is -2.52. The Morgan fingerprint density at radius 3 is 2.54 bits per heavy atom. The van der Waals surface area contributed by atoms with Crippen molar-refractivity contribution in [1.82, 2.24) is 15.1 Å². The van der Waals surface area contributed by atoms with E-state index in [1.807, 2.05) is 0 Å². The Balaban J connectivity index is 1.25. The molecule has 8 nitrogen and oxygen atoms in total. The van der Waals surface area contributed by atoms with E-state index in [0.717, 1.165) is 45.2 Å². The third-order valence-electron chi connectivity index (χ3n) is 6.37. The molecule has 2 amide bonds. The molecule has 0 aromatic carbocycles. The van der Waals surface area contributed by atoms with Crippen molar-refractivity contribution in [3.8, 4) is 0 Å². The molecule has 4 aliphatic rings. The third kappa shape index (κ3) is 3.41. The molecular weight excluding hydrogens is 336 g/mol. The van der Waals surface area contributed by atoms with E-state index in [-0.39, 0.29) is 17.1 Å². The maximum absolute atomic E-state index is 12.0. The second-order valence-electron chi connectivity index (χ2n) is 8.32. The van der Waals surface area contributed by atoms with Crippen molar-refractivity contribution in [2.45, 2.75) is 49.3 Å². The summed E-state index contributed by atoms with van der Waals surface area (Å²) in [6, 6.07) is 0.509. The van der Waals surface area contributed by atoms with Gasteiger partial charge >= 0.3 is 12.2 Å². The van der Waals surface area contributed by atoms with Gasteiger partial charge in [0, 0.05) is 45.1 Å². The maximum atomic E-state index is 12.0. The zero-order valence-corrected chi connectivity index (χ0v) is 14.8. The van der Waals surface area contributed by atoms with Crippen LogP contribution in [0.4, 0.5) is 9.59 Å². The fourth-order valence-electron chi connectivity index (χ4n) is 4.90. The van der Waals surface area contributed by atoms with E-state index in [9.17, 15) is 14.7 Å². The Morgan fingerprint density at radius 1 is 1.27 bits per heavy atom. The lowest BCUT2D eigenvalue weighted by molar-refractivity contribution is -0.0562. The number of nitrogens with zero attached hydrogens (tertiary/aromatic N) is 2. The van der Waals surface area contributed by atoms with E-state index in [0.29, 0.717) is 25.7 Å². The van der Waals surface area contributed by atoms with Crippen molar-refractivity contribution in [3.63, 3.8) is 0 Å². The molecule has 2 spiro atoms. The van der Waals surface area contributed by atoms with Gasteiger partial charge in [0.1, 0.15) is 11.2 Å². The summed E-state index contributed by atoms with van der Waals surface area (Å²) in [5, 5.41) is 12.0. The highest BCUT2D eigenvalue weighted by Gasteiger charge is 2.53. The average Bonchev–Trinajstić information content (AvgIpc) is 3.10. The SMILES string of the molecule is [B]C([B])(O)OC(=O)N1CCC2(CC(N3CCC4(CC3)CNC(=O)O4)C2)C1. The van der Waals surface area contributed by atoms with Gasteiger partial charge in [0.25, 0.3) is 0 Å². The summed E-state index contributed by atoms with van der Waals surface area (Å²) in [6.07, 6.45) is 3.74. The summed E-state index contributed by atoms with van der Waals surface area (Å²) >= 11 is 0. The normalized spacial score (nSPS) is 33.8. The van der Waals surface area contributed by atoms with Crippen molar-refractivity contribution in [2.75, 3.05) is 32.7 Å². The van der Waals surface area contributed by atoms with Gasteiger partial charge in [0.2, 0.25) is 0 Å². The summed E-state index contributed by atoms with van der Waals surface area (Å²) in [6.45, 7) is 3.66. The molecule has 10 heteroatoms. The number of hydrogen-bond donors (Lipinski definition) is 2. The van der Waals surface area contributed by atoms with Crippen LogP contribution in [0, 0.1) is 5.41 Å². The highest BCUT2D eigenvalue weighted by molar-refractivity contribution is 6.38. The molecule has 0 atom stereocenters. The first kappa shape index (κ1) is 18.0. The molecule has 4 radical (unpaired) electrons. The summed E-state index contributed by atoms with van der Waals surface area (Å²) < 4.78 is 10.1. The number of likely N-dealkylation sites (tertiary alicyclic amines) is 2. The number of hydrogen-bond acceptors (Lipinski definition) is 6. The number of carbonyl (C=O) groups excluding carboxylic acids is 2. The predicted octanol–water partition coefficient (Wildman–Crippen LogP) is -0.507. The Kier molecular flexibility index (Phi) is 4.19. The number of nitrogens with one attached hydrogen (secondary N) is 1. The molecule has 2 N–H and O–H groups in total. The molecule has 3 saturated heterocycles. The van der Waals surface area contributed by atoms with Gasteiger partial charge in [-0.05, 0) is 24.7 Å². The second-order valence-corrected chi connectivity index (χ2v) is 8.32. The Morgan fingerprint density at radius 2 is 1.96 bits per heavy atom. The molecule has 3 heterocycles. The number of aliphatic hydroxyl groups is 1. The van der Waals surface area contributed by atoms with Crippen molar-refractivity contribution in [3.05, 3.63) is 0 Å². The largest absolute Gasteiger partial charge is 0.441 e. The van der Waals surface area contributed by atoms with Crippen LogP contribution in [0.1, 0.15) is 32.1 Å². The average molecular weight is 359 g/mol. The minimum absolute atomic E-state index is 0.127. The van der Waals surface area contributed by atoms with Gasteiger partial charge in [-0.2, -0.15) is 0 Å². The molecule has 0 unspecified atom stereocenters. The van der Waals surface area contributed by atoms with Gasteiger partial charge in [-0.3, -0.25) is 0 Å². The van der Waals surface area contributed by atoms with Crippen molar-refractivity contribution in [1.29, 1.82) is 0 Å². The first-order chi connectivity index (χ1) is 12.2. The molecule has 1 saturated carbocycles. The fourth-order valence-corrected chi connectivity index (χ4v) is 4.90. The summed E-state index contributed by atoms with van der Waals surface area (Å²) in [7, 11) is 10.2. The van der Waals surface area contributed by atoms with E-state index >= 15 is 0 Å². The van der Waals surface area contributed by atoms with E-state index in [4.69, 9.17) is 20.4 Å². The van der Waals surface area contributed by atoms with Gasteiger partial charge in [-0.1, -0.05) is 0 Å². The first-order valence-corrected chi connectivity index (χ1v) is 9.17. The van der Waals surface area contributed by atoms with Crippen LogP contribution >= 0.6 is 0 Å². The number of alkyl carbamates (subject to hydrolysis) is 1. The highest BCUT2D eigenvalue weighted by atomic mass is 16.7. The lowest BCUT2D eigenvalue weighted by Crippen LogP contribution is -2.57. The topological polar surface area (TPSA) is 91.3 Å². The second kappa shape index (κ2) is 6.05. The van der Waals surface area contributed by atoms with E-state index in [1.165, 1.54) is 0 Å². The van der Waals surface area contributed by atoms with Crippen LogP contribution in [0.3, 0.4) is 0 Å². The first-order valence-electron chi connectivity index (χ1n) is 9.17. The maximum Gasteiger partial charge on any atom is 0.410 e. The minimum Gasteiger partial charge on any atom is -0.441 e. The molecule has 0 bridgehead atoms. The van der Waals surface area contributed by atoms with Gasteiger partial charge in [0.05, 0.1) is 6.54 Å². The summed E-state index contributed by atoms with van der Waals surface area (Å²) in [5.74, 6) is 0. The van der Waals surface area contributed by atoms with Crippen molar-refractivity contribution >= 4 is 27.9 Å². The van der Waals surface area contributed by atoms with Gasteiger partial charge in [0.15, 0.2) is 15.7 Å². The smallest absolute Gasteiger partial charge is 0.410 e. The number of carbonyl (C=O) groups is 2. The van der Waals surface area contributed by atoms with Gasteiger partial charge in [-0.25, -0.2) is 9.59 Å². The Bertz CT molecular complexity index is 597. The standard InChI is InChI=1S/C16H23B2N3O5/c17-16(18,24)26-13(23)21-4-1-14(10-21)7-11(8-14)20-5-2-15(3-6-20)9-19-12(22)25-15/h11,24H,1-10H2,(H,19,22). The number of ether oxygens (including phenoxy) is 2. The summed E-state index contributed by atoms with van der Waals surface area (Å²) in [5.41, 5.74) is -2.62. The number of rotatable bonds is 2. The highest BCUT2D eigenvalue weighted by Crippen LogP contribution is 2.51.